The van der Waals surface area contributed by atoms with E-state index in [0.29, 0.717) is 32.5 Å². The second-order valence-corrected chi connectivity index (χ2v) is 10.7. The van der Waals surface area contributed by atoms with Crippen molar-refractivity contribution in [1.29, 1.82) is 0 Å². The number of aromatic nitrogens is 2. The van der Waals surface area contributed by atoms with E-state index in [-0.39, 0.29) is 31.1 Å². The molecule has 5 rings (SSSR count). The van der Waals surface area contributed by atoms with Crippen LogP contribution in [0.15, 0.2) is 59.2 Å². The summed E-state index contributed by atoms with van der Waals surface area (Å²) in [6.07, 6.45) is 3.65. The lowest BCUT2D eigenvalue weighted by molar-refractivity contribution is 0.0529. The van der Waals surface area contributed by atoms with Crippen molar-refractivity contribution in [2.45, 2.75) is 32.1 Å². The minimum atomic E-state index is -2.62. The van der Waals surface area contributed by atoms with Crippen LogP contribution in [0.4, 0.5) is 14.5 Å². The zero-order valence-electron chi connectivity index (χ0n) is 20.3. The van der Waals surface area contributed by atoms with Gasteiger partial charge in [-0.05, 0) is 102 Å². The van der Waals surface area contributed by atoms with Crippen molar-refractivity contribution >= 4 is 44.4 Å². The van der Waals surface area contributed by atoms with Gasteiger partial charge in [0.1, 0.15) is 22.9 Å². The molecule has 0 bridgehead atoms. The summed E-state index contributed by atoms with van der Waals surface area (Å²) in [7, 11) is 0. The Morgan fingerprint density at radius 1 is 1.21 bits per heavy atom. The first kappa shape index (κ1) is 26.5. The normalized spacial score (nSPS) is 14.0. The summed E-state index contributed by atoms with van der Waals surface area (Å²) in [5, 5.41) is 4.59. The lowest BCUT2D eigenvalue weighted by atomic mass is 10.0. The number of ether oxygens (including phenoxy) is 1. The molecule has 1 aliphatic rings. The van der Waals surface area contributed by atoms with Gasteiger partial charge in [0.25, 0.3) is 0 Å². The number of rotatable bonds is 9. The molecule has 2 aromatic heterocycles. The maximum Gasteiger partial charge on any atom is 0.342 e. The zero-order valence-corrected chi connectivity index (χ0v) is 22.7. The monoisotopic (exact) mass is 602 g/mol. The van der Waals surface area contributed by atoms with E-state index in [2.05, 4.69) is 21.0 Å². The van der Waals surface area contributed by atoms with Crippen LogP contribution < -0.4 is 4.31 Å². The average molecular weight is 603 g/mol. The molecule has 0 aliphatic heterocycles. The van der Waals surface area contributed by atoms with Crippen molar-refractivity contribution in [2.75, 3.05) is 17.5 Å². The highest BCUT2D eigenvalue weighted by Crippen LogP contribution is 2.46. The van der Waals surface area contributed by atoms with Gasteiger partial charge in [-0.1, -0.05) is 6.07 Å². The van der Waals surface area contributed by atoms with Crippen molar-refractivity contribution in [3.05, 3.63) is 87.5 Å². The molecule has 2 aromatic carbocycles. The number of hydrogen-bond donors (Lipinski definition) is 0. The van der Waals surface area contributed by atoms with E-state index >= 15 is 0 Å². The highest BCUT2D eigenvalue weighted by molar-refractivity contribution is 9.10. The average Bonchev–Trinajstić information content (AvgIpc) is 3.66. The maximum atomic E-state index is 14.0. The summed E-state index contributed by atoms with van der Waals surface area (Å²) < 4.78 is 60.7. The summed E-state index contributed by atoms with van der Waals surface area (Å²) in [6, 6.07) is 12.1. The standard InChI is InChI=1S/C27H24BrF2N3O4S/c1-2-37-27(34)25-23-14-20(17-4-5-17)24(15-32(23)31-26(25)18-6-8-19(29)9-7-18)33(38(35)36)12-11-16-3-10-21(28)22(30)13-16/h3,6-10,13-15,17H,2,4-5,11-12H2,1H3,(H,35,36)/p-1. The van der Waals surface area contributed by atoms with E-state index in [4.69, 9.17) is 4.74 Å². The minimum absolute atomic E-state index is 0.0826. The van der Waals surface area contributed by atoms with Crippen LogP contribution in [0.1, 0.15) is 47.2 Å². The van der Waals surface area contributed by atoms with E-state index in [9.17, 15) is 22.3 Å². The minimum Gasteiger partial charge on any atom is -0.755 e. The van der Waals surface area contributed by atoms with Crippen LogP contribution in [-0.2, 0) is 22.4 Å². The molecule has 0 saturated heterocycles. The van der Waals surface area contributed by atoms with Crippen LogP contribution >= 0.6 is 15.9 Å². The van der Waals surface area contributed by atoms with E-state index in [1.165, 1.54) is 39.2 Å². The Morgan fingerprint density at radius 3 is 2.58 bits per heavy atom. The van der Waals surface area contributed by atoms with Gasteiger partial charge in [-0.15, -0.1) is 0 Å². The van der Waals surface area contributed by atoms with Gasteiger partial charge >= 0.3 is 5.97 Å². The number of carbonyl (C=O) groups is 1. The summed E-state index contributed by atoms with van der Waals surface area (Å²) >= 11 is 0.505. The fraction of sp³-hybridized carbons (Fsp3) is 0.259. The highest BCUT2D eigenvalue weighted by atomic mass is 79.9. The van der Waals surface area contributed by atoms with Gasteiger partial charge in [0.15, 0.2) is 0 Å². The Hall–Kier alpha value is -3.15. The molecule has 1 fully saturated rings. The molecule has 11 heteroatoms. The molecule has 0 radical (unpaired) electrons. The quantitative estimate of drug-likeness (QED) is 0.175. The van der Waals surface area contributed by atoms with Gasteiger partial charge in [-0.3, -0.25) is 4.21 Å². The molecule has 0 spiro atoms. The number of fused-ring (bicyclic) bond motifs is 1. The first-order chi connectivity index (χ1) is 18.3. The predicted molar refractivity (Wildman–Crippen MR) is 143 cm³/mol. The summed E-state index contributed by atoms with van der Waals surface area (Å²) in [6.45, 7) is 1.94. The maximum absolute atomic E-state index is 14.0. The summed E-state index contributed by atoms with van der Waals surface area (Å²) in [5.41, 5.74) is 3.40. The van der Waals surface area contributed by atoms with Gasteiger partial charge in [0.05, 0.1) is 28.5 Å². The lowest BCUT2D eigenvalue weighted by Gasteiger charge is -2.28. The van der Waals surface area contributed by atoms with E-state index in [1.54, 1.807) is 31.3 Å². The largest absolute Gasteiger partial charge is 0.755 e. The Kier molecular flexibility index (Phi) is 7.60. The molecular weight excluding hydrogens is 580 g/mol. The molecule has 198 valence electrons. The summed E-state index contributed by atoms with van der Waals surface area (Å²) in [4.78, 5) is 13.0. The first-order valence-corrected chi connectivity index (χ1v) is 13.9. The Morgan fingerprint density at radius 2 is 1.95 bits per heavy atom. The predicted octanol–water partition coefficient (Wildman–Crippen LogP) is 5.94. The van der Waals surface area contributed by atoms with Gasteiger partial charge in [-0.25, -0.2) is 18.1 Å². The fourth-order valence-corrected chi connectivity index (χ4v) is 5.24. The van der Waals surface area contributed by atoms with Crippen LogP contribution in [0.5, 0.6) is 0 Å². The van der Waals surface area contributed by atoms with Crippen molar-refractivity contribution in [1.82, 2.24) is 9.61 Å². The number of anilines is 1. The third-order valence-corrected chi connectivity index (χ3v) is 7.81. The molecule has 0 amide bonds. The zero-order chi connectivity index (χ0) is 27.0. The third kappa shape index (κ3) is 5.36. The van der Waals surface area contributed by atoms with Crippen molar-refractivity contribution in [3.8, 4) is 11.3 Å². The smallest absolute Gasteiger partial charge is 0.342 e. The molecule has 1 unspecified atom stereocenters. The SMILES string of the molecule is CCOC(=O)c1c(-c2ccc(F)cc2)nn2cc(N(CCc3ccc(Br)c(F)c3)S(=O)[O-])c(C3CC3)cc12. The molecule has 1 saturated carbocycles. The number of esters is 1. The Labute approximate surface area is 229 Å². The van der Waals surface area contributed by atoms with Gasteiger partial charge in [0, 0.05) is 23.4 Å². The number of nitrogens with zero attached hydrogens (tertiary/aromatic N) is 3. The number of halogens is 3. The topological polar surface area (TPSA) is 87.0 Å². The molecule has 38 heavy (non-hydrogen) atoms. The molecule has 2 heterocycles. The second-order valence-electron chi connectivity index (χ2n) is 8.99. The van der Waals surface area contributed by atoms with Gasteiger partial charge < -0.3 is 13.6 Å². The van der Waals surface area contributed by atoms with Crippen molar-refractivity contribution < 1.29 is 27.1 Å². The molecule has 1 atom stereocenters. The highest BCUT2D eigenvalue weighted by Gasteiger charge is 2.31. The number of hydrogen-bond acceptors (Lipinski definition) is 5. The van der Waals surface area contributed by atoms with Crippen molar-refractivity contribution in [2.24, 2.45) is 0 Å². The molecular formula is C27H23BrF2N3O4S-. The van der Waals surface area contributed by atoms with Crippen molar-refractivity contribution in [3.63, 3.8) is 0 Å². The van der Waals surface area contributed by atoms with E-state index in [0.717, 1.165) is 18.4 Å². The van der Waals surface area contributed by atoms with Gasteiger partial charge in [0.2, 0.25) is 0 Å². The number of pyridine rings is 1. The summed E-state index contributed by atoms with van der Waals surface area (Å²) in [5.74, 6) is -1.29. The second kappa shape index (κ2) is 10.9. The van der Waals surface area contributed by atoms with E-state index in [1.807, 2.05) is 0 Å². The van der Waals surface area contributed by atoms with Crippen LogP contribution in [0.25, 0.3) is 16.8 Å². The van der Waals surface area contributed by atoms with Crippen LogP contribution in [0, 0.1) is 11.6 Å². The Balaban J connectivity index is 1.61. The van der Waals surface area contributed by atoms with Gasteiger partial charge in [-0.2, -0.15) is 5.10 Å². The fourth-order valence-electron chi connectivity index (χ4n) is 4.44. The van der Waals surface area contributed by atoms with Crippen LogP contribution in [0.2, 0.25) is 0 Å². The molecule has 7 nitrogen and oxygen atoms in total. The molecule has 4 aromatic rings. The number of benzene rings is 2. The van der Waals surface area contributed by atoms with Crippen LogP contribution in [0.3, 0.4) is 0 Å². The first-order valence-electron chi connectivity index (χ1n) is 12.1. The molecule has 0 N–H and O–H groups in total. The Bertz CT molecular complexity index is 1540. The lowest BCUT2D eigenvalue weighted by Crippen LogP contribution is -2.29. The third-order valence-electron chi connectivity index (χ3n) is 6.43. The van der Waals surface area contributed by atoms with Crippen LogP contribution in [-0.4, -0.2) is 37.5 Å². The molecule has 1 aliphatic carbocycles. The van der Waals surface area contributed by atoms with E-state index < -0.39 is 28.9 Å². The number of carbonyl (C=O) groups excluding carboxylic acids is 1.